The molecular formula is C11H6N4O4. The maximum absolute atomic E-state index is 12.1. The highest BCUT2D eigenvalue weighted by atomic mass is 16.2. The molecule has 8 heteroatoms. The van der Waals surface area contributed by atoms with Gasteiger partial charge in [-0.2, -0.15) is 0 Å². The van der Waals surface area contributed by atoms with Gasteiger partial charge in [0.1, 0.15) is 11.4 Å². The van der Waals surface area contributed by atoms with Crippen LogP contribution in [-0.2, 0) is 0 Å². The Kier molecular flexibility index (Phi) is 2.18. The van der Waals surface area contributed by atoms with Gasteiger partial charge in [0, 0.05) is 12.4 Å². The van der Waals surface area contributed by atoms with Crippen LogP contribution in [0.1, 0.15) is 20.8 Å². The van der Waals surface area contributed by atoms with Crippen molar-refractivity contribution in [3.8, 4) is 0 Å². The molecule has 0 saturated heterocycles. The fraction of sp³-hybridized carbons (Fsp3) is 0. The fourth-order valence-electron chi connectivity index (χ4n) is 1.85. The molecule has 19 heavy (non-hydrogen) atoms. The highest BCUT2D eigenvalue weighted by Crippen LogP contribution is 2.23. The number of carbonyl (C=O) groups excluding carboxylic acids is 2. The number of imide groups is 1. The van der Waals surface area contributed by atoms with Crippen molar-refractivity contribution in [3.05, 3.63) is 56.6 Å². The average molecular weight is 258 g/mol. The standard InChI is InChI=1S/C11H6N4O4/c16-8-6(4-13-11(19)14-8)15-9(17)5-2-1-3-12-7(5)10(15)18/h1-4H,(H2,13,14,16,19). The van der Waals surface area contributed by atoms with Crippen LogP contribution in [0.15, 0.2) is 34.1 Å². The highest BCUT2D eigenvalue weighted by molar-refractivity contribution is 6.33. The van der Waals surface area contributed by atoms with E-state index in [4.69, 9.17) is 0 Å². The topological polar surface area (TPSA) is 116 Å². The summed E-state index contributed by atoms with van der Waals surface area (Å²) in [5.41, 5.74) is -1.68. The lowest BCUT2D eigenvalue weighted by Crippen LogP contribution is -2.36. The summed E-state index contributed by atoms with van der Waals surface area (Å²) in [5, 5.41) is 0. The first-order valence-electron chi connectivity index (χ1n) is 5.25. The minimum atomic E-state index is -0.821. The van der Waals surface area contributed by atoms with Gasteiger partial charge in [-0.3, -0.25) is 24.4 Å². The molecule has 0 saturated carbocycles. The highest BCUT2D eigenvalue weighted by Gasteiger charge is 2.39. The van der Waals surface area contributed by atoms with E-state index in [1.165, 1.54) is 18.3 Å². The maximum Gasteiger partial charge on any atom is 0.325 e. The van der Waals surface area contributed by atoms with Crippen LogP contribution in [0.25, 0.3) is 0 Å². The lowest BCUT2D eigenvalue weighted by atomic mass is 10.2. The Morgan fingerprint density at radius 3 is 2.58 bits per heavy atom. The van der Waals surface area contributed by atoms with Crippen molar-refractivity contribution < 1.29 is 9.59 Å². The number of hydrogen-bond acceptors (Lipinski definition) is 5. The van der Waals surface area contributed by atoms with Crippen molar-refractivity contribution in [2.45, 2.75) is 0 Å². The first-order valence-corrected chi connectivity index (χ1v) is 5.25. The molecule has 1 aliphatic heterocycles. The molecule has 1 aliphatic rings. The molecule has 0 unspecified atom stereocenters. The number of rotatable bonds is 1. The van der Waals surface area contributed by atoms with Crippen LogP contribution in [0, 0.1) is 0 Å². The summed E-state index contributed by atoms with van der Waals surface area (Å²) in [6, 6.07) is 2.97. The van der Waals surface area contributed by atoms with Crippen LogP contribution in [0.3, 0.4) is 0 Å². The van der Waals surface area contributed by atoms with Crippen molar-refractivity contribution in [2.24, 2.45) is 0 Å². The molecule has 2 aromatic rings. The lowest BCUT2D eigenvalue weighted by molar-refractivity contribution is 0.0924. The summed E-state index contributed by atoms with van der Waals surface area (Å²) < 4.78 is 0. The third kappa shape index (κ3) is 1.50. The third-order valence-corrected chi connectivity index (χ3v) is 2.69. The monoisotopic (exact) mass is 258 g/mol. The van der Waals surface area contributed by atoms with Gasteiger partial charge < -0.3 is 4.98 Å². The van der Waals surface area contributed by atoms with Crippen molar-refractivity contribution in [1.29, 1.82) is 0 Å². The van der Waals surface area contributed by atoms with Crippen molar-refractivity contribution in [1.82, 2.24) is 15.0 Å². The third-order valence-electron chi connectivity index (χ3n) is 2.69. The summed E-state index contributed by atoms with van der Waals surface area (Å²) in [6.45, 7) is 0. The molecule has 8 nitrogen and oxygen atoms in total. The van der Waals surface area contributed by atoms with E-state index < -0.39 is 23.1 Å². The number of carbonyl (C=O) groups is 2. The van der Waals surface area contributed by atoms with Crippen molar-refractivity contribution >= 4 is 17.5 Å². The molecule has 2 amide bonds. The number of aromatic amines is 2. The first kappa shape index (κ1) is 11.1. The van der Waals surface area contributed by atoms with Crippen LogP contribution in [0.2, 0.25) is 0 Å². The molecule has 3 rings (SSSR count). The molecule has 0 radical (unpaired) electrons. The van der Waals surface area contributed by atoms with Crippen LogP contribution >= 0.6 is 0 Å². The normalized spacial score (nSPS) is 13.8. The van der Waals surface area contributed by atoms with Crippen LogP contribution in [0.4, 0.5) is 5.69 Å². The molecule has 0 atom stereocenters. The minimum absolute atomic E-state index is 0.0156. The fourth-order valence-corrected chi connectivity index (χ4v) is 1.85. The van der Waals surface area contributed by atoms with Gasteiger partial charge in [-0.05, 0) is 12.1 Å². The number of hydrogen-bond donors (Lipinski definition) is 2. The predicted molar refractivity (Wildman–Crippen MR) is 63.1 cm³/mol. The number of anilines is 1. The Balaban J connectivity index is 2.19. The van der Waals surface area contributed by atoms with Crippen molar-refractivity contribution in [3.63, 3.8) is 0 Å². The van der Waals surface area contributed by atoms with Crippen LogP contribution in [0.5, 0.6) is 0 Å². The zero-order valence-corrected chi connectivity index (χ0v) is 9.34. The van der Waals surface area contributed by atoms with E-state index in [0.29, 0.717) is 4.90 Å². The van der Waals surface area contributed by atoms with Gasteiger partial charge in [-0.25, -0.2) is 9.69 Å². The molecule has 0 aliphatic carbocycles. The number of pyridine rings is 1. The number of aromatic nitrogens is 3. The molecular weight excluding hydrogens is 252 g/mol. The zero-order valence-electron chi connectivity index (χ0n) is 9.34. The smallest absolute Gasteiger partial charge is 0.312 e. The number of H-pyrrole nitrogens is 2. The number of nitrogens with one attached hydrogen (secondary N) is 2. The second-order valence-corrected chi connectivity index (χ2v) is 3.80. The van der Waals surface area contributed by atoms with Crippen molar-refractivity contribution in [2.75, 3.05) is 4.90 Å². The SMILES string of the molecule is O=C1c2cccnc2C(=O)N1c1c[nH]c(=O)[nH]c1=O. The second-order valence-electron chi connectivity index (χ2n) is 3.80. The van der Waals surface area contributed by atoms with Gasteiger partial charge in [0.2, 0.25) is 0 Å². The van der Waals surface area contributed by atoms with Gasteiger partial charge in [0.15, 0.2) is 0 Å². The molecule has 2 aromatic heterocycles. The summed E-state index contributed by atoms with van der Waals surface area (Å²) in [6.07, 6.45) is 2.40. The van der Waals surface area contributed by atoms with Gasteiger partial charge in [0.05, 0.1) is 5.56 Å². The summed E-state index contributed by atoms with van der Waals surface area (Å²) in [7, 11) is 0. The van der Waals surface area contributed by atoms with E-state index >= 15 is 0 Å². The summed E-state index contributed by atoms with van der Waals surface area (Å²) in [4.78, 5) is 55.3. The van der Waals surface area contributed by atoms with Gasteiger partial charge in [-0.1, -0.05) is 0 Å². The predicted octanol–water partition coefficient (Wildman–Crippen LogP) is -0.741. The Hall–Kier alpha value is -3.03. The summed E-state index contributed by atoms with van der Waals surface area (Å²) in [5.74, 6) is -1.34. The maximum atomic E-state index is 12.1. The van der Waals surface area contributed by atoms with Gasteiger partial charge >= 0.3 is 5.69 Å². The lowest BCUT2D eigenvalue weighted by Gasteiger charge is -2.11. The molecule has 94 valence electrons. The molecule has 0 spiro atoms. The summed E-state index contributed by atoms with van der Waals surface area (Å²) >= 11 is 0. The van der Waals surface area contributed by atoms with Gasteiger partial charge in [0.25, 0.3) is 17.4 Å². The zero-order chi connectivity index (χ0) is 13.6. The van der Waals surface area contributed by atoms with E-state index in [1.807, 2.05) is 4.98 Å². The Labute approximate surface area is 104 Å². The Bertz CT molecular complexity index is 785. The number of fused-ring (bicyclic) bond motifs is 1. The van der Waals surface area contributed by atoms with E-state index in [2.05, 4.69) is 9.97 Å². The molecule has 0 fully saturated rings. The molecule has 2 N–H and O–H groups in total. The quantitative estimate of drug-likeness (QED) is 0.653. The van der Waals surface area contributed by atoms with E-state index in [9.17, 15) is 19.2 Å². The average Bonchev–Trinajstić information content (AvgIpc) is 2.64. The Morgan fingerprint density at radius 2 is 1.89 bits per heavy atom. The van der Waals surface area contributed by atoms with E-state index in [-0.39, 0.29) is 16.9 Å². The number of nitrogens with zero attached hydrogens (tertiary/aromatic N) is 2. The Morgan fingerprint density at radius 1 is 1.11 bits per heavy atom. The minimum Gasteiger partial charge on any atom is -0.312 e. The van der Waals surface area contributed by atoms with Gasteiger partial charge in [-0.15, -0.1) is 0 Å². The molecule has 0 aromatic carbocycles. The first-order chi connectivity index (χ1) is 9.09. The number of amides is 2. The molecule has 3 heterocycles. The van der Waals surface area contributed by atoms with Crippen LogP contribution < -0.4 is 16.1 Å². The van der Waals surface area contributed by atoms with Crippen LogP contribution in [-0.4, -0.2) is 26.8 Å². The van der Waals surface area contributed by atoms with E-state index in [0.717, 1.165) is 6.20 Å². The van der Waals surface area contributed by atoms with E-state index in [1.54, 1.807) is 0 Å². The largest absolute Gasteiger partial charge is 0.325 e. The molecule has 0 bridgehead atoms. The second kappa shape index (κ2) is 3.73.